The van der Waals surface area contributed by atoms with Gasteiger partial charge in [0.15, 0.2) is 0 Å². The maximum absolute atomic E-state index is 13.1. The van der Waals surface area contributed by atoms with Gasteiger partial charge in [-0.3, -0.25) is 0 Å². The Morgan fingerprint density at radius 1 is 1.14 bits per heavy atom. The quantitative estimate of drug-likeness (QED) is 0.531. The Labute approximate surface area is 83.5 Å². The topological polar surface area (TPSA) is 0 Å². The second kappa shape index (κ2) is 4.17. The first-order valence-corrected chi connectivity index (χ1v) is 4.25. The molecule has 0 fully saturated rings. The smallest absolute Gasteiger partial charge is 0.208 e. The van der Waals surface area contributed by atoms with Crippen LogP contribution < -0.4 is 0 Å². The molecule has 0 saturated heterocycles. The molecule has 0 aromatic heterocycles. The number of hydrogen-bond donors (Lipinski definition) is 0. The maximum atomic E-state index is 13.1. The van der Waals surface area contributed by atoms with Crippen LogP contribution in [0.1, 0.15) is 16.5 Å². The van der Waals surface area contributed by atoms with E-state index in [-0.39, 0.29) is 5.56 Å². The Balaban J connectivity index is 3.15. The van der Waals surface area contributed by atoms with Gasteiger partial charge in [-0.1, -0.05) is 0 Å². The van der Waals surface area contributed by atoms with Crippen LogP contribution >= 0.6 is 11.6 Å². The molecule has 14 heavy (non-hydrogen) atoms. The van der Waals surface area contributed by atoms with Gasteiger partial charge in [-0.25, -0.2) is 17.6 Å². The lowest BCUT2D eigenvalue weighted by molar-refractivity contribution is 0.141. The minimum atomic E-state index is -2.92. The summed E-state index contributed by atoms with van der Waals surface area (Å²) in [7, 11) is 0. The monoisotopic (exact) mass is 226 g/mol. The van der Waals surface area contributed by atoms with Crippen molar-refractivity contribution in [2.24, 2.45) is 0 Å². The van der Waals surface area contributed by atoms with Crippen molar-refractivity contribution < 1.29 is 17.6 Å². The summed E-state index contributed by atoms with van der Waals surface area (Å²) in [5.41, 5.74) is -0.450. The van der Waals surface area contributed by atoms with Crippen LogP contribution in [0.25, 0.3) is 0 Å². The summed E-state index contributed by atoms with van der Waals surface area (Å²) < 4.78 is 50.2. The van der Waals surface area contributed by atoms with Crippen molar-refractivity contribution >= 4 is 11.6 Å². The van der Waals surface area contributed by atoms with Crippen molar-refractivity contribution in [3.05, 3.63) is 34.9 Å². The molecule has 1 rings (SSSR count). The highest BCUT2D eigenvalue weighted by Crippen LogP contribution is 2.30. The van der Waals surface area contributed by atoms with Gasteiger partial charge in [0.05, 0.1) is 0 Å². The van der Waals surface area contributed by atoms with E-state index in [1.54, 1.807) is 0 Å². The summed E-state index contributed by atoms with van der Waals surface area (Å²) >= 11 is 5.21. The molecular formula is C9H7ClF4. The molecule has 0 aliphatic heterocycles. The largest absolute Gasteiger partial charge is 0.258 e. The average molecular weight is 227 g/mol. The third-order valence-corrected chi connectivity index (χ3v) is 2.22. The summed E-state index contributed by atoms with van der Waals surface area (Å²) in [5, 5.41) is -1.81. The van der Waals surface area contributed by atoms with Crippen LogP contribution in [0, 0.1) is 18.6 Å². The summed E-state index contributed by atoms with van der Waals surface area (Å²) in [6.45, 7) is 1.34. The van der Waals surface area contributed by atoms with E-state index >= 15 is 0 Å². The molecule has 0 radical (unpaired) electrons. The Hall–Kier alpha value is -0.770. The molecule has 0 saturated carbocycles. The van der Waals surface area contributed by atoms with Crippen LogP contribution in [0.5, 0.6) is 0 Å². The zero-order valence-corrected chi connectivity index (χ0v) is 7.96. The van der Waals surface area contributed by atoms with Gasteiger partial charge in [0.2, 0.25) is 0 Å². The van der Waals surface area contributed by atoms with E-state index in [0.717, 1.165) is 6.07 Å². The fourth-order valence-corrected chi connectivity index (χ4v) is 1.18. The zero-order valence-electron chi connectivity index (χ0n) is 7.20. The average Bonchev–Trinajstić information content (AvgIpc) is 2.10. The van der Waals surface area contributed by atoms with Gasteiger partial charge in [-0.15, -0.1) is 11.6 Å². The van der Waals surface area contributed by atoms with Crippen molar-refractivity contribution in [3.8, 4) is 0 Å². The third kappa shape index (κ3) is 2.18. The molecule has 1 unspecified atom stereocenters. The minimum absolute atomic E-state index is 0.0596. The van der Waals surface area contributed by atoms with Crippen LogP contribution in [-0.2, 0) is 0 Å². The molecule has 1 atom stereocenters. The number of hydrogen-bond acceptors (Lipinski definition) is 0. The molecule has 1 aromatic rings. The Morgan fingerprint density at radius 3 is 2.21 bits per heavy atom. The standard InChI is InChI=1S/C9H7ClF4/c1-4-2-7(12)5(3-6(4)11)8(10)9(13)14/h2-3,8-9H,1H3. The van der Waals surface area contributed by atoms with Gasteiger partial charge < -0.3 is 0 Å². The van der Waals surface area contributed by atoms with Crippen molar-refractivity contribution in [3.63, 3.8) is 0 Å². The Kier molecular flexibility index (Phi) is 3.37. The molecule has 0 aliphatic rings. The molecule has 0 amide bonds. The lowest BCUT2D eigenvalue weighted by Crippen LogP contribution is -2.05. The molecule has 0 N–H and O–H groups in total. The predicted octanol–water partition coefficient (Wildman–Crippen LogP) is 3.82. The molecule has 0 aliphatic carbocycles. The van der Waals surface area contributed by atoms with Crippen LogP contribution in [-0.4, -0.2) is 6.43 Å². The summed E-state index contributed by atoms with van der Waals surface area (Å²) in [4.78, 5) is 0. The van der Waals surface area contributed by atoms with Gasteiger partial charge in [0.25, 0.3) is 6.43 Å². The third-order valence-electron chi connectivity index (χ3n) is 1.80. The maximum Gasteiger partial charge on any atom is 0.258 e. The molecule has 5 heteroatoms. The van der Waals surface area contributed by atoms with E-state index in [2.05, 4.69) is 0 Å². The van der Waals surface area contributed by atoms with Crippen molar-refractivity contribution in [1.82, 2.24) is 0 Å². The van der Waals surface area contributed by atoms with E-state index in [1.165, 1.54) is 6.92 Å². The second-order valence-corrected chi connectivity index (χ2v) is 3.33. The fraction of sp³-hybridized carbons (Fsp3) is 0.333. The summed E-state index contributed by atoms with van der Waals surface area (Å²) in [5.74, 6) is -1.66. The number of aryl methyl sites for hydroxylation is 1. The highest BCUT2D eigenvalue weighted by molar-refractivity contribution is 6.21. The summed E-state index contributed by atoms with van der Waals surface area (Å²) in [6.07, 6.45) is -2.92. The number of rotatable bonds is 2. The minimum Gasteiger partial charge on any atom is -0.208 e. The van der Waals surface area contributed by atoms with Gasteiger partial charge in [0.1, 0.15) is 17.0 Å². The molecule has 0 spiro atoms. The second-order valence-electron chi connectivity index (χ2n) is 2.86. The van der Waals surface area contributed by atoms with Crippen LogP contribution in [0.15, 0.2) is 12.1 Å². The summed E-state index contributed by atoms with van der Waals surface area (Å²) in [6, 6.07) is 1.55. The fourth-order valence-electron chi connectivity index (χ4n) is 1.01. The highest BCUT2D eigenvalue weighted by Gasteiger charge is 2.23. The molecule has 0 bridgehead atoms. The van der Waals surface area contributed by atoms with E-state index < -0.39 is 29.0 Å². The lowest BCUT2D eigenvalue weighted by Gasteiger charge is -2.10. The first kappa shape index (κ1) is 11.3. The van der Waals surface area contributed by atoms with E-state index in [4.69, 9.17) is 11.6 Å². The van der Waals surface area contributed by atoms with Crippen LogP contribution in [0.2, 0.25) is 0 Å². The van der Waals surface area contributed by atoms with Crippen molar-refractivity contribution in [2.75, 3.05) is 0 Å². The molecular weight excluding hydrogens is 220 g/mol. The van der Waals surface area contributed by atoms with Crippen molar-refractivity contribution in [2.45, 2.75) is 18.7 Å². The van der Waals surface area contributed by atoms with Crippen LogP contribution in [0.3, 0.4) is 0 Å². The number of halogens is 5. The molecule has 78 valence electrons. The van der Waals surface area contributed by atoms with E-state index in [0.29, 0.717) is 6.07 Å². The SMILES string of the molecule is Cc1cc(F)c(C(Cl)C(F)F)cc1F. The molecule has 1 aromatic carbocycles. The Morgan fingerprint density at radius 2 is 1.71 bits per heavy atom. The zero-order chi connectivity index (χ0) is 10.9. The Bertz CT molecular complexity index is 338. The van der Waals surface area contributed by atoms with Crippen LogP contribution in [0.4, 0.5) is 17.6 Å². The molecule has 0 heterocycles. The normalized spacial score (nSPS) is 13.4. The van der Waals surface area contributed by atoms with E-state index in [9.17, 15) is 17.6 Å². The predicted molar refractivity (Wildman–Crippen MR) is 45.7 cm³/mol. The lowest BCUT2D eigenvalue weighted by atomic mass is 10.1. The number of benzene rings is 1. The van der Waals surface area contributed by atoms with Gasteiger partial charge in [0, 0.05) is 5.56 Å². The van der Waals surface area contributed by atoms with Gasteiger partial charge in [-0.2, -0.15) is 0 Å². The first-order valence-electron chi connectivity index (χ1n) is 3.81. The number of alkyl halides is 3. The van der Waals surface area contributed by atoms with Gasteiger partial charge in [-0.05, 0) is 24.6 Å². The van der Waals surface area contributed by atoms with E-state index in [1.807, 2.05) is 0 Å². The first-order chi connectivity index (χ1) is 6.43. The van der Waals surface area contributed by atoms with Crippen molar-refractivity contribution in [1.29, 1.82) is 0 Å². The highest BCUT2D eigenvalue weighted by atomic mass is 35.5. The van der Waals surface area contributed by atoms with Gasteiger partial charge >= 0.3 is 0 Å². The molecule has 0 nitrogen and oxygen atoms in total.